The number of rotatable bonds is 3. The molecule has 0 unspecified atom stereocenters. The van der Waals surface area contributed by atoms with E-state index in [4.69, 9.17) is 10.8 Å². The van der Waals surface area contributed by atoms with Crippen molar-refractivity contribution < 1.29 is 9.90 Å². The summed E-state index contributed by atoms with van der Waals surface area (Å²) >= 11 is 4.11. The summed E-state index contributed by atoms with van der Waals surface area (Å²) in [5.41, 5.74) is 6.46. The minimum absolute atomic E-state index is 0.0497. The summed E-state index contributed by atoms with van der Waals surface area (Å²) in [7, 11) is 0. The minimum Gasteiger partial charge on any atom is -0.481 e. The number of carboxylic acid groups (broad SMARTS) is 1. The van der Waals surface area contributed by atoms with Crippen LogP contribution in [-0.4, -0.2) is 11.1 Å². The highest BCUT2D eigenvalue weighted by atomic mass is 32.1. The number of aliphatic carboxylic acids is 1. The molecule has 0 amide bonds. The van der Waals surface area contributed by atoms with Crippen LogP contribution in [0.5, 0.6) is 0 Å². The summed E-state index contributed by atoms with van der Waals surface area (Å²) in [6.07, 6.45) is -0.0497. The Kier molecular flexibility index (Phi) is 3.33. The molecule has 70 valence electrons. The molecule has 3 N–H and O–H groups in total. The number of thiol groups is 1. The normalized spacial score (nSPS) is 12.5. The highest BCUT2D eigenvalue weighted by Crippen LogP contribution is 2.15. The predicted molar refractivity (Wildman–Crippen MR) is 52.9 cm³/mol. The van der Waals surface area contributed by atoms with Crippen LogP contribution in [0.2, 0.25) is 0 Å². The van der Waals surface area contributed by atoms with Crippen molar-refractivity contribution in [3.8, 4) is 0 Å². The van der Waals surface area contributed by atoms with E-state index in [0.29, 0.717) is 0 Å². The Morgan fingerprint density at radius 2 is 2.00 bits per heavy atom. The molecule has 0 aliphatic rings. The fourth-order valence-corrected chi connectivity index (χ4v) is 1.18. The van der Waals surface area contributed by atoms with E-state index in [2.05, 4.69) is 12.6 Å². The highest BCUT2D eigenvalue weighted by Gasteiger charge is 2.09. The van der Waals surface area contributed by atoms with Crippen molar-refractivity contribution in [2.45, 2.75) is 17.4 Å². The average molecular weight is 197 g/mol. The fourth-order valence-electron chi connectivity index (χ4n) is 1.03. The lowest BCUT2D eigenvalue weighted by atomic mass is 10.1. The van der Waals surface area contributed by atoms with Gasteiger partial charge in [0.05, 0.1) is 6.42 Å². The first-order valence-corrected chi connectivity index (χ1v) is 4.30. The van der Waals surface area contributed by atoms with Crippen LogP contribution in [0.25, 0.3) is 0 Å². The molecule has 0 bridgehead atoms. The van der Waals surface area contributed by atoms with Crippen LogP contribution in [-0.2, 0) is 4.79 Å². The molecule has 1 aromatic carbocycles. The molecule has 0 aliphatic heterocycles. The molecule has 1 atom stereocenters. The van der Waals surface area contributed by atoms with Crippen LogP contribution in [0.1, 0.15) is 18.0 Å². The zero-order chi connectivity index (χ0) is 9.84. The van der Waals surface area contributed by atoms with Crippen molar-refractivity contribution >= 4 is 18.6 Å². The van der Waals surface area contributed by atoms with Gasteiger partial charge in [-0.05, 0) is 17.7 Å². The third-order valence-corrected chi connectivity index (χ3v) is 2.01. The summed E-state index contributed by atoms with van der Waals surface area (Å²) in [5.74, 6) is -0.887. The Morgan fingerprint density at radius 1 is 1.46 bits per heavy atom. The number of carbonyl (C=O) groups is 1. The zero-order valence-corrected chi connectivity index (χ0v) is 7.87. The number of carboxylic acids is 1. The molecule has 13 heavy (non-hydrogen) atoms. The van der Waals surface area contributed by atoms with Crippen LogP contribution in [0.3, 0.4) is 0 Å². The van der Waals surface area contributed by atoms with Crippen LogP contribution < -0.4 is 5.73 Å². The quantitative estimate of drug-likeness (QED) is 0.643. The number of nitrogens with two attached hydrogens (primary N) is 1. The maximum Gasteiger partial charge on any atom is 0.305 e. The highest BCUT2D eigenvalue weighted by molar-refractivity contribution is 7.80. The molecule has 0 aliphatic carbocycles. The van der Waals surface area contributed by atoms with Gasteiger partial charge < -0.3 is 10.8 Å². The fraction of sp³-hybridized carbons (Fsp3) is 0.222. The number of hydrogen-bond donors (Lipinski definition) is 3. The Labute approximate surface area is 82.0 Å². The Morgan fingerprint density at radius 3 is 2.46 bits per heavy atom. The Balaban J connectivity index is 2.71. The maximum atomic E-state index is 10.4. The number of hydrogen-bond acceptors (Lipinski definition) is 3. The second kappa shape index (κ2) is 4.30. The minimum atomic E-state index is -0.887. The van der Waals surface area contributed by atoms with Gasteiger partial charge in [-0.15, -0.1) is 12.6 Å². The lowest BCUT2D eigenvalue weighted by molar-refractivity contribution is -0.137. The number of benzene rings is 1. The summed E-state index contributed by atoms with van der Waals surface area (Å²) in [4.78, 5) is 11.2. The van der Waals surface area contributed by atoms with Gasteiger partial charge in [-0.1, -0.05) is 12.1 Å². The third-order valence-electron chi connectivity index (χ3n) is 1.72. The second-order valence-corrected chi connectivity index (χ2v) is 3.31. The van der Waals surface area contributed by atoms with E-state index in [0.717, 1.165) is 10.5 Å². The van der Waals surface area contributed by atoms with E-state index in [1.54, 1.807) is 24.3 Å². The van der Waals surface area contributed by atoms with Gasteiger partial charge in [0.25, 0.3) is 0 Å². The summed E-state index contributed by atoms with van der Waals surface area (Å²) < 4.78 is 0. The second-order valence-electron chi connectivity index (χ2n) is 2.80. The predicted octanol–water partition coefficient (Wildman–Crippen LogP) is 1.45. The summed E-state index contributed by atoms with van der Waals surface area (Å²) in [5, 5.41) is 8.50. The third kappa shape index (κ3) is 3.08. The molecule has 0 aromatic heterocycles. The van der Waals surface area contributed by atoms with Gasteiger partial charge in [0, 0.05) is 10.9 Å². The van der Waals surface area contributed by atoms with Gasteiger partial charge in [-0.25, -0.2) is 0 Å². The van der Waals surface area contributed by atoms with Crippen LogP contribution in [0.15, 0.2) is 29.2 Å². The topological polar surface area (TPSA) is 63.3 Å². The first-order chi connectivity index (χ1) is 6.09. The lowest BCUT2D eigenvalue weighted by Gasteiger charge is -2.08. The van der Waals surface area contributed by atoms with E-state index in [1.807, 2.05) is 0 Å². The van der Waals surface area contributed by atoms with Crippen molar-refractivity contribution in [1.82, 2.24) is 0 Å². The molecule has 0 fully saturated rings. The summed E-state index contributed by atoms with van der Waals surface area (Å²) in [6, 6.07) is 6.72. The standard InChI is InChI=1S/C9H11NO2S/c10-8(5-9(11)12)6-1-3-7(13)4-2-6/h1-4,8,13H,5,10H2,(H,11,12)/t8-/m1/s1. The first kappa shape index (κ1) is 10.1. The van der Waals surface area contributed by atoms with Crippen LogP contribution in [0.4, 0.5) is 0 Å². The monoisotopic (exact) mass is 197 g/mol. The van der Waals surface area contributed by atoms with E-state index < -0.39 is 12.0 Å². The van der Waals surface area contributed by atoms with E-state index in [9.17, 15) is 4.79 Å². The largest absolute Gasteiger partial charge is 0.481 e. The van der Waals surface area contributed by atoms with Gasteiger partial charge >= 0.3 is 5.97 Å². The molecule has 0 spiro atoms. The first-order valence-electron chi connectivity index (χ1n) is 3.86. The van der Waals surface area contributed by atoms with Gasteiger partial charge in [0.2, 0.25) is 0 Å². The van der Waals surface area contributed by atoms with E-state index in [-0.39, 0.29) is 6.42 Å². The molecule has 0 heterocycles. The van der Waals surface area contributed by atoms with Crippen LogP contribution in [0, 0.1) is 0 Å². The molecule has 4 heteroatoms. The Hall–Kier alpha value is -1.00. The van der Waals surface area contributed by atoms with Gasteiger partial charge in [-0.3, -0.25) is 4.79 Å². The van der Waals surface area contributed by atoms with E-state index in [1.165, 1.54) is 0 Å². The lowest BCUT2D eigenvalue weighted by Crippen LogP contribution is -2.14. The molecular weight excluding hydrogens is 186 g/mol. The van der Waals surface area contributed by atoms with Crippen molar-refractivity contribution in [2.75, 3.05) is 0 Å². The van der Waals surface area contributed by atoms with Gasteiger partial charge in [0.15, 0.2) is 0 Å². The average Bonchev–Trinajstić information content (AvgIpc) is 2.04. The van der Waals surface area contributed by atoms with Crippen molar-refractivity contribution in [2.24, 2.45) is 5.73 Å². The van der Waals surface area contributed by atoms with Crippen molar-refractivity contribution in [3.05, 3.63) is 29.8 Å². The molecular formula is C9H11NO2S. The molecule has 0 radical (unpaired) electrons. The van der Waals surface area contributed by atoms with Crippen LogP contribution >= 0.6 is 12.6 Å². The molecule has 3 nitrogen and oxygen atoms in total. The summed E-state index contributed by atoms with van der Waals surface area (Å²) in [6.45, 7) is 0. The molecule has 1 aromatic rings. The Bertz CT molecular complexity index is 297. The molecule has 1 rings (SSSR count). The molecule has 0 saturated heterocycles. The molecule has 0 saturated carbocycles. The zero-order valence-electron chi connectivity index (χ0n) is 6.97. The van der Waals surface area contributed by atoms with Crippen molar-refractivity contribution in [1.29, 1.82) is 0 Å². The van der Waals surface area contributed by atoms with Crippen molar-refractivity contribution in [3.63, 3.8) is 0 Å². The SMILES string of the molecule is N[C@H](CC(=O)O)c1ccc(S)cc1. The van der Waals surface area contributed by atoms with Gasteiger partial charge in [-0.2, -0.15) is 0 Å². The van der Waals surface area contributed by atoms with E-state index >= 15 is 0 Å². The maximum absolute atomic E-state index is 10.4. The van der Waals surface area contributed by atoms with Gasteiger partial charge in [0.1, 0.15) is 0 Å². The smallest absolute Gasteiger partial charge is 0.305 e.